The van der Waals surface area contributed by atoms with Crippen LogP contribution < -0.4 is 5.32 Å². The number of Topliss-reactive ketones (excluding diaryl/α,β-unsaturated/α-hetero) is 1. The molecule has 4 heterocycles. The first-order valence-corrected chi connectivity index (χ1v) is 8.43. The van der Waals surface area contributed by atoms with Gasteiger partial charge in [0.2, 0.25) is 0 Å². The molecule has 0 bridgehead atoms. The molecule has 4 aromatic heterocycles. The number of fused-ring (bicyclic) bond motifs is 1. The third-order valence-corrected chi connectivity index (χ3v) is 4.38. The second-order valence-electron chi connectivity index (χ2n) is 5.74. The first-order chi connectivity index (χ1) is 12.1. The van der Waals surface area contributed by atoms with E-state index in [-0.39, 0.29) is 5.78 Å². The van der Waals surface area contributed by atoms with Gasteiger partial charge in [-0.05, 0) is 31.4 Å². The van der Waals surface area contributed by atoms with Crippen LogP contribution in [0.5, 0.6) is 0 Å². The van der Waals surface area contributed by atoms with Gasteiger partial charge in [0.15, 0.2) is 11.5 Å². The number of nitrogens with one attached hydrogen (secondary N) is 2. The number of aromatic amines is 1. The van der Waals surface area contributed by atoms with Gasteiger partial charge in [0.25, 0.3) is 0 Å². The lowest BCUT2D eigenvalue weighted by molar-refractivity contribution is -0.116. The van der Waals surface area contributed by atoms with Crippen molar-refractivity contribution in [2.75, 3.05) is 5.32 Å². The predicted molar refractivity (Wildman–Crippen MR) is 95.1 cm³/mol. The first kappa shape index (κ1) is 15.5. The topological polar surface area (TPSA) is 101 Å². The van der Waals surface area contributed by atoms with E-state index in [0.29, 0.717) is 17.9 Å². The summed E-state index contributed by atoms with van der Waals surface area (Å²) in [4.78, 5) is 20.3. The van der Waals surface area contributed by atoms with Gasteiger partial charge >= 0.3 is 0 Å². The Labute approximate surface area is 147 Å². The van der Waals surface area contributed by atoms with Gasteiger partial charge in [-0.3, -0.25) is 14.3 Å². The molecule has 25 heavy (non-hydrogen) atoms. The summed E-state index contributed by atoms with van der Waals surface area (Å²) in [7, 11) is 0. The monoisotopic (exact) mass is 353 g/mol. The quantitative estimate of drug-likeness (QED) is 0.572. The second-order valence-corrected chi connectivity index (χ2v) is 6.55. The SMILES string of the molecule is CC(=O)Cc1cc(Nc2nc(C)cn3c(-c4cn[nH]c4)cnc23)sn1. The summed E-state index contributed by atoms with van der Waals surface area (Å²) in [6.45, 7) is 3.48. The fraction of sp³-hybridized carbons (Fsp3) is 0.188. The lowest BCUT2D eigenvalue weighted by Gasteiger charge is -2.07. The van der Waals surface area contributed by atoms with Crippen LogP contribution >= 0.6 is 11.5 Å². The van der Waals surface area contributed by atoms with Gasteiger partial charge < -0.3 is 5.32 Å². The number of carbonyl (C=O) groups excluding carboxylic acids is 1. The van der Waals surface area contributed by atoms with E-state index >= 15 is 0 Å². The van der Waals surface area contributed by atoms with Crippen molar-refractivity contribution in [3.8, 4) is 11.3 Å². The zero-order valence-corrected chi connectivity index (χ0v) is 14.5. The van der Waals surface area contributed by atoms with E-state index in [1.807, 2.05) is 29.8 Å². The molecule has 0 saturated heterocycles. The molecule has 4 aromatic rings. The molecule has 0 radical (unpaired) electrons. The normalized spacial score (nSPS) is 11.1. The Morgan fingerprint density at radius 2 is 2.28 bits per heavy atom. The van der Waals surface area contributed by atoms with Gasteiger partial charge in [0, 0.05) is 24.4 Å². The zero-order chi connectivity index (χ0) is 17.4. The third kappa shape index (κ3) is 3.01. The molecule has 2 N–H and O–H groups in total. The molecule has 0 aliphatic rings. The maximum Gasteiger partial charge on any atom is 0.180 e. The number of nitrogens with zero attached hydrogens (tertiary/aromatic N) is 5. The van der Waals surface area contributed by atoms with Crippen LogP contribution in [-0.2, 0) is 11.2 Å². The highest BCUT2D eigenvalue weighted by Crippen LogP contribution is 2.27. The minimum absolute atomic E-state index is 0.0888. The molecule has 0 spiro atoms. The van der Waals surface area contributed by atoms with Crippen LogP contribution in [0.3, 0.4) is 0 Å². The van der Waals surface area contributed by atoms with Crippen LogP contribution in [0.2, 0.25) is 0 Å². The molecular formula is C16H15N7OS. The predicted octanol–water partition coefficient (Wildman–Crippen LogP) is 2.76. The molecule has 0 saturated carbocycles. The molecule has 0 atom stereocenters. The number of imidazole rings is 1. The van der Waals surface area contributed by atoms with Gasteiger partial charge in [0.05, 0.1) is 29.5 Å². The van der Waals surface area contributed by atoms with E-state index in [2.05, 4.69) is 29.9 Å². The molecule has 0 fully saturated rings. The molecule has 0 unspecified atom stereocenters. The van der Waals surface area contributed by atoms with Crippen LogP contribution in [0.15, 0.2) is 30.9 Å². The Morgan fingerprint density at radius 1 is 1.40 bits per heavy atom. The van der Waals surface area contributed by atoms with Crippen molar-refractivity contribution in [3.63, 3.8) is 0 Å². The highest BCUT2D eigenvalue weighted by molar-refractivity contribution is 7.10. The number of aromatic nitrogens is 6. The van der Waals surface area contributed by atoms with Crippen LogP contribution in [0.25, 0.3) is 16.9 Å². The largest absolute Gasteiger partial charge is 0.328 e. The summed E-state index contributed by atoms with van der Waals surface area (Å²) in [6.07, 6.45) is 7.64. The van der Waals surface area contributed by atoms with E-state index in [9.17, 15) is 4.79 Å². The van der Waals surface area contributed by atoms with Crippen molar-refractivity contribution in [2.45, 2.75) is 20.3 Å². The van der Waals surface area contributed by atoms with E-state index in [1.165, 1.54) is 11.5 Å². The number of hydrogen-bond donors (Lipinski definition) is 2. The van der Waals surface area contributed by atoms with E-state index in [1.54, 1.807) is 19.3 Å². The smallest absolute Gasteiger partial charge is 0.180 e. The number of rotatable bonds is 5. The fourth-order valence-corrected chi connectivity index (χ4v) is 3.29. The lowest BCUT2D eigenvalue weighted by atomic mass is 10.2. The van der Waals surface area contributed by atoms with Crippen molar-refractivity contribution in [1.29, 1.82) is 0 Å². The van der Waals surface area contributed by atoms with E-state index in [0.717, 1.165) is 27.6 Å². The number of hydrogen-bond acceptors (Lipinski definition) is 7. The number of aryl methyl sites for hydroxylation is 1. The molecular weight excluding hydrogens is 338 g/mol. The minimum Gasteiger partial charge on any atom is -0.328 e. The maximum atomic E-state index is 11.2. The fourth-order valence-electron chi connectivity index (χ4n) is 2.62. The minimum atomic E-state index is 0.0888. The molecule has 0 aliphatic carbocycles. The van der Waals surface area contributed by atoms with Crippen LogP contribution in [0.1, 0.15) is 18.3 Å². The van der Waals surface area contributed by atoms with Crippen molar-refractivity contribution >= 4 is 33.8 Å². The summed E-state index contributed by atoms with van der Waals surface area (Å²) in [5.41, 5.74) is 4.20. The average molecular weight is 353 g/mol. The number of anilines is 2. The summed E-state index contributed by atoms with van der Waals surface area (Å²) in [5, 5.41) is 10.9. The standard InChI is InChI=1S/C16H15N7OS/c1-9-8-23-13(11-5-18-19-6-11)7-17-16(23)15(20-9)21-14-4-12(22-25-14)3-10(2)24/h4-8H,3H2,1-2H3,(H,18,19)(H,20,21). The van der Waals surface area contributed by atoms with Gasteiger partial charge in [0.1, 0.15) is 10.8 Å². The van der Waals surface area contributed by atoms with Gasteiger partial charge in [-0.2, -0.15) is 9.47 Å². The van der Waals surface area contributed by atoms with Gasteiger partial charge in [-0.1, -0.05) is 0 Å². The summed E-state index contributed by atoms with van der Waals surface area (Å²) < 4.78 is 6.27. The highest BCUT2D eigenvalue weighted by Gasteiger charge is 2.14. The third-order valence-electron chi connectivity index (χ3n) is 3.64. The van der Waals surface area contributed by atoms with Crippen LogP contribution in [-0.4, -0.2) is 34.7 Å². The summed E-state index contributed by atoms with van der Waals surface area (Å²) in [5.74, 6) is 0.735. The summed E-state index contributed by atoms with van der Waals surface area (Å²) >= 11 is 1.30. The van der Waals surface area contributed by atoms with Crippen molar-refractivity contribution in [2.24, 2.45) is 0 Å². The van der Waals surface area contributed by atoms with Crippen molar-refractivity contribution in [1.82, 2.24) is 28.9 Å². The molecule has 4 rings (SSSR count). The molecule has 0 aliphatic heterocycles. The van der Waals surface area contributed by atoms with E-state index in [4.69, 9.17) is 0 Å². The zero-order valence-electron chi connectivity index (χ0n) is 13.6. The number of ketones is 1. The lowest BCUT2D eigenvalue weighted by Crippen LogP contribution is -2.00. The second kappa shape index (κ2) is 6.10. The van der Waals surface area contributed by atoms with Crippen LogP contribution in [0.4, 0.5) is 10.8 Å². The Kier molecular flexibility index (Phi) is 3.77. The van der Waals surface area contributed by atoms with Gasteiger partial charge in [-0.15, -0.1) is 0 Å². The van der Waals surface area contributed by atoms with Crippen LogP contribution in [0, 0.1) is 6.92 Å². The highest BCUT2D eigenvalue weighted by atomic mass is 32.1. The molecule has 126 valence electrons. The Balaban J connectivity index is 1.72. The Hall–Kier alpha value is -3.07. The van der Waals surface area contributed by atoms with Crippen molar-refractivity contribution in [3.05, 3.63) is 42.2 Å². The Bertz CT molecular complexity index is 1050. The molecule has 0 amide bonds. The Morgan fingerprint density at radius 3 is 3.04 bits per heavy atom. The first-order valence-electron chi connectivity index (χ1n) is 7.66. The van der Waals surface area contributed by atoms with E-state index < -0.39 is 0 Å². The van der Waals surface area contributed by atoms with Crippen molar-refractivity contribution < 1.29 is 4.79 Å². The molecule has 8 nitrogen and oxygen atoms in total. The average Bonchev–Trinajstić information content (AvgIpc) is 3.26. The number of carbonyl (C=O) groups is 1. The number of H-pyrrole nitrogens is 1. The summed E-state index contributed by atoms with van der Waals surface area (Å²) in [6, 6.07) is 1.87. The molecule has 9 heteroatoms. The van der Waals surface area contributed by atoms with Gasteiger partial charge in [-0.25, -0.2) is 9.97 Å². The maximum absolute atomic E-state index is 11.2. The molecule has 0 aromatic carbocycles.